The van der Waals surface area contributed by atoms with E-state index in [2.05, 4.69) is 47.8 Å². The summed E-state index contributed by atoms with van der Waals surface area (Å²) in [5, 5.41) is 20.5. The lowest BCUT2D eigenvalue weighted by atomic mass is 9.87. The molecule has 6 nitrogen and oxygen atoms in total. The quantitative estimate of drug-likeness (QED) is 0.177. The van der Waals surface area contributed by atoms with E-state index in [0.717, 1.165) is 0 Å². The summed E-state index contributed by atoms with van der Waals surface area (Å²) in [5.74, 6) is -1.23. The van der Waals surface area contributed by atoms with Gasteiger partial charge in [0.15, 0.2) is 11.3 Å². The molecule has 2 aromatic rings. The van der Waals surface area contributed by atoms with Gasteiger partial charge in [0.05, 0.1) is 10.0 Å². The molecule has 0 amide bonds. The average molecular weight is 594 g/mol. The summed E-state index contributed by atoms with van der Waals surface area (Å²) < 4.78 is 6.54. The van der Waals surface area contributed by atoms with E-state index in [1.165, 1.54) is 12.1 Å². The molecule has 0 atom stereocenters. The number of nitrogen functional groups attached to an aromatic ring is 1. The van der Waals surface area contributed by atoms with Crippen LogP contribution in [0.4, 0.5) is 5.69 Å². The number of phenolic OH excluding ortho intramolecular Hbond substituents is 1. The molecule has 2 aromatic carbocycles. The maximum atomic E-state index is 12.4. The first-order valence-electron chi connectivity index (χ1n) is 8.30. The first kappa shape index (κ1) is 21.0. The molecule has 0 bridgehead atoms. The van der Waals surface area contributed by atoms with E-state index in [9.17, 15) is 19.8 Å². The van der Waals surface area contributed by atoms with Gasteiger partial charge in [-0.15, -0.1) is 0 Å². The number of carboxylic acids is 1. The topological polar surface area (TPSA) is 114 Å². The van der Waals surface area contributed by atoms with Crippen molar-refractivity contribution in [1.82, 2.24) is 0 Å². The predicted molar refractivity (Wildman–Crippen MR) is 126 cm³/mol. The molecule has 0 saturated heterocycles. The number of halogens is 3. The van der Waals surface area contributed by atoms with Crippen LogP contribution in [-0.2, 0) is 0 Å². The first-order valence-corrected chi connectivity index (χ1v) is 10.7. The lowest BCUT2D eigenvalue weighted by molar-refractivity contribution is 0.0698. The van der Waals surface area contributed by atoms with E-state index >= 15 is 0 Å². The van der Waals surface area contributed by atoms with E-state index < -0.39 is 5.97 Å². The van der Waals surface area contributed by atoms with Crippen LogP contribution in [0.1, 0.15) is 10.4 Å². The number of benzene rings is 3. The Morgan fingerprint density at radius 3 is 2.43 bits per heavy atom. The maximum absolute atomic E-state index is 12.4. The third-order valence-electron chi connectivity index (χ3n) is 4.64. The van der Waals surface area contributed by atoms with Crippen molar-refractivity contribution in [3.8, 4) is 28.2 Å². The van der Waals surface area contributed by atoms with E-state index in [1.807, 2.05) is 0 Å². The van der Waals surface area contributed by atoms with Crippen LogP contribution in [0.2, 0.25) is 0 Å². The Morgan fingerprint density at radius 1 is 1.07 bits per heavy atom. The fourth-order valence-electron chi connectivity index (χ4n) is 3.29. The first-order chi connectivity index (χ1) is 14.1. The number of fused-ring (bicyclic) bond motifs is 2. The summed E-state index contributed by atoms with van der Waals surface area (Å²) >= 11 is 9.79. The predicted octanol–water partition coefficient (Wildman–Crippen LogP) is 4.63. The lowest BCUT2D eigenvalue weighted by Gasteiger charge is -2.19. The van der Waals surface area contributed by atoms with Crippen LogP contribution in [0.5, 0.6) is 5.75 Å². The van der Waals surface area contributed by atoms with E-state index in [4.69, 9.17) is 18.0 Å². The molecule has 1 heterocycles. The van der Waals surface area contributed by atoms with Gasteiger partial charge in [-0.05, 0) is 71.6 Å². The number of aromatic hydroxyl groups is 1. The Balaban J connectivity index is 2.34. The second kappa shape index (κ2) is 7.44. The van der Waals surface area contributed by atoms with Gasteiger partial charge in [-0.2, -0.15) is 0 Å². The second-order valence-electron chi connectivity index (χ2n) is 6.47. The third-order valence-corrected chi connectivity index (χ3v) is 6.69. The van der Waals surface area contributed by atoms with Gasteiger partial charge in [0.25, 0.3) is 0 Å². The lowest BCUT2D eigenvalue weighted by Crippen LogP contribution is -2.09. The Hall–Kier alpha value is -2.30. The van der Waals surface area contributed by atoms with Crippen molar-refractivity contribution in [1.29, 1.82) is 0 Å². The molecule has 0 aromatic heterocycles. The van der Waals surface area contributed by atoms with Crippen molar-refractivity contribution < 1.29 is 19.4 Å². The number of phenols is 1. The van der Waals surface area contributed by atoms with Crippen molar-refractivity contribution in [2.45, 2.75) is 0 Å². The van der Waals surface area contributed by atoms with Crippen molar-refractivity contribution >= 4 is 83.7 Å². The van der Waals surface area contributed by atoms with E-state index in [1.54, 1.807) is 18.2 Å². The zero-order valence-electron chi connectivity index (χ0n) is 14.8. The molecule has 10 heteroatoms. The maximum Gasteiger partial charge on any atom is 0.336 e. The van der Waals surface area contributed by atoms with Crippen molar-refractivity contribution in [3.63, 3.8) is 0 Å². The number of hydrogen-bond acceptors (Lipinski definition) is 5. The SMILES string of the molecule is [B]c1cc2c(-c3ccc(N)cc3C(=O)O)c3cc(Br)c(=O)c(Br)c-3oc2c(Br)c1O. The normalized spacial score (nSPS) is 11.3. The van der Waals surface area contributed by atoms with Crippen LogP contribution in [0.25, 0.3) is 33.4 Å². The highest BCUT2D eigenvalue weighted by Crippen LogP contribution is 2.47. The van der Waals surface area contributed by atoms with Crippen LogP contribution in [0.3, 0.4) is 0 Å². The van der Waals surface area contributed by atoms with Gasteiger partial charge in [-0.25, -0.2) is 4.79 Å². The molecule has 1 aliphatic carbocycles. The summed E-state index contributed by atoms with van der Waals surface area (Å²) in [6.07, 6.45) is 0. The van der Waals surface area contributed by atoms with Gasteiger partial charge >= 0.3 is 5.97 Å². The van der Waals surface area contributed by atoms with Crippen molar-refractivity contribution in [2.24, 2.45) is 0 Å². The Labute approximate surface area is 195 Å². The van der Waals surface area contributed by atoms with Crippen LogP contribution in [0.15, 0.2) is 53.0 Å². The molecular formula is C20H9BBr3NO5. The second-order valence-corrected chi connectivity index (χ2v) is 8.91. The number of anilines is 1. The molecule has 0 unspecified atom stereocenters. The Kier molecular flexibility index (Phi) is 5.20. The summed E-state index contributed by atoms with van der Waals surface area (Å²) in [4.78, 5) is 24.4. The highest BCUT2D eigenvalue weighted by molar-refractivity contribution is 9.11. The fourth-order valence-corrected chi connectivity index (χ4v) is 5.02. The molecule has 0 spiro atoms. The van der Waals surface area contributed by atoms with E-state index in [0.29, 0.717) is 22.1 Å². The number of rotatable bonds is 2. The molecule has 148 valence electrons. The van der Waals surface area contributed by atoms with Gasteiger partial charge in [0.1, 0.15) is 22.5 Å². The van der Waals surface area contributed by atoms with Gasteiger partial charge in [0.2, 0.25) is 5.43 Å². The number of nitrogens with two attached hydrogens (primary N) is 1. The Morgan fingerprint density at radius 2 is 1.77 bits per heavy atom. The summed E-state index contributed by atoms with van der Waals surface area (Å²) in [6, 6.07) is 7.55. The largest absolute Gasteiger partial charge is 0.507 e. The molecule has 4 rings (SSSR count). The van der Waals surface area contributed by atoms with Crippen LogP contribution >= 0.6 is 47.8 Å². The summed E-state index contributed by atoms with van der Waals surface area (Å²) in [5.41, 5.74) is 7.23. The highest BCUT2D eigenvalue weighted by Gasteiger charge is 2.27. The number of aromatic carboxylic acids is 1. The van der Waals surface area contributed by atoms with Crippen molar-refractivity contribution in [2.75, 3.05) is 5.73 Å². The van der Waals surface area contributed by atoms with Crippen LogP contribution in [-0.4, -0.2) is 24.0 Å². The highest BCUT2D eigenvalue weighted by atomic mass is 79.9. The fraction of sp³-hybridized carbons (Fsp3) is 0. The molecule has 4 N–H and O–H groups in total. The smallest absolute Gasteiger partial charge is 0.336 e. The van der Waals surface area contributed by atoms with Gasteiger partial charge < -0.3 is 20.4 Å². The van der Waals surface area contributed by atoms with Crippen molar-refractivity contribution in [3.05, 3.63) is 59.5 Å². The third kappa shape index (κ3) is 3.14. The molecule has 0 saturated carbocycles. The molecular weight excluding hydrogens is 585 g/mol. The zero-order chi connectivity index (χ0) is 21.9. The van der Waals surface area contributed by atoms with Crippen LogP contribution < -0.4 is 16.6 Å². The zero-order valence-corrected chi connectivity index (χ0v) is 19.6. The standard InChI is InChI=1S/C20H9BBr3NO5/c21-11-4-9-13(7-2-1-6(25)3-8(7)20(28)29)10-5-12(22)17(27)15(24)19(10)30-18(9)14(23)16(11)26/h1-5,26H,25H2,(H,28,29). The van der Waals surface area contributed by atoms with E-state index in [-0.39, 0.29) is 52.7 Å². The number of carbonyl (C=O) groups is 1. The number of hydrogen-bond donors (Lipinski definition) is 3. The number of carboxylic acid groups (broad SMARTS) is 1. The monoisotopic (exact) mass is 591 g/mol. The average Bonchev–Trinajstić information content (AvgIpc) is 2.70. The molecule has 1 aliphatic heterocycles. The minimum atomic E-state index is -1.18. The van der Waals surface area contributed by atoms with Gasteiger partial charge in [-0.1, -0.05) is 17.6 Å². The molecule has 0 fully saturated rings. The molecule has 30 heavy (non-hydrogen) atoms. The molecule has 2 aliphatic rings. The molecule has 2 radical (unpaired) electrons. The minimum Gasteiger partial charge on any atom is -0.507 e. The Bertz CT molecular complexity index is 1420. The summed E-state index contributed by atoms with van der Waals surface area (Å²) in [7, 11) is 5.96. The van der Waals surface area contributed by atoms with Gasteiger partial charge in [-0.3, -0.25) is 4.79 Å². The van der Waals surface area contributed by atoms with Gasteiger partial charge in [0, 0.05) is 22.2 Å². The van der Waals surface area contributed by atoms with Crippen LogP contribution in [0, 0.1) is 0 Å². The minimum absolute atomic E-state index is 0.0370. The summed E-state index contributed by atoms with van der Waals surface area (Å²) in [6.45, 7) is 0.